The van der Waals surface area contributed by atoms with Crippen LogP contribution in [-0.4, -0.2) is 9.79 Å². The van der Waals surface area contributed by atoms with E-state index in [9.17, 15) is 11.9 Å². The van der Waals surface area contributed by atoms with E-state index in [-0.39, 0.29) is 17.1 Å². The van der Waals surface area contributed by atoms with Gasteiger partial charge in [-0.3, -0.25) is 0 Å². The molecule has 0 rings (SSSR count). The maximum atomic E-state index is 9.55. The summed E-state index contributed by atoms with van der Waals surface area (Å²) >= 11 is -4.12. The molecule has 0 unspecified atom stereocenters. The predicted molar refractivity (Wildman–Crippen MR) is 14.5 cm³/mol. The van der Waals surface area contributed by atoms with Gasteiger partial charge in [-0.1, -0.05) is 0 Å². The van der Waals surface area contributed by atoms with Crippen LogP contribution in [0, 0.1) is 0 Å². The molecule has 0 radical (unpaired) electrons. The van der Waals surface area contributed by atoms with Gasteiger partial charge >= 0.3 is 48.4 Å². The van der Waals surface area contributed by atoms with Gasteiger partial charge in [-0.2, -0.15) is 0 Å². The number of rotatable bonds is 2. The van der Waals surface area contributed by atoms with E-state index in [0.29, 0.717) is 0 Å². The maximum absolute atomic E-state index is 9.55. The molecule has 0 amide bonds. The average Bonchev–Trinajstić information content (AvgIpc) is 1.21. The van der Waals surface area contributed by atoms with E-state index in [1.807, 2.05) is 0 Å². The fraction of sp³-hybridized carbons (Fsp3) is 0. The predicted octanol–water partition coefficient (Wildman–Crippen LogP) is -0.683. The SMILES string of the molecule is [Fe].[O]=[V](=[O])[O]P(=O)(O)O. The first-order valence-corrected chi connectivity index (χ1v) is 4.55. The van der Waals surface area contributed by atoms with Crippen molar-refractivity contribution in [1.82, 2.24) is 0 Å². The Morgan fingerprint density at radius 2 is 1.67 bits per heavy atom. The molecule has 0 aliphatic heterocycles. The summed E-state index contributed by atoms with van der Waals surface area (Å²) in [6.45, 7) is 0. The molecule has 0 spiro atoms. The zero-order valence-corrected chi connectivity index (χ0v) is 7.17. The van der Waals surface area contributed by atoms with E-state index in [4.69, 9.17) is 9.79 Å². The molecule has 9 heteroatoms. The third kappa shape index (κ3) is 12.1. The second-order valence-corrected chi connectivity index (χ2v) is 3.40. The van der Waals surface area contributed by atoms with Crippen LogP contribution in [0.3, 0.4) is 0 Å². The van der Waals surface area contributed by atoms with Gasteiger partial charge in [0.2, 0.25) is 0 Å². The van der Waals surface area contributed by atoms with Crippen molar-refractivity contribution >= 4 is 7.82 Å². The van der Waals surface area contributed by atoms with Crippen LogP contribution in [0.25, 0.3) is 0 Å². The van der Waals surface area contributed by atoms with Crippen molar-refractivity contribution in [1.29, 1.82) is 0 Å². The van der Waals surface area contributed by atoms with Gasteiger partial charge in [-0.25, -0.2) is 0 Å². The minimum absolute atomic E-state index is 0. The summed E-state index contributed by atoms with van der Waals surface area (Å²) in [5, 5.41) is 0. The second kappa shape index (κ2) is 4.60. The molecular weight excluding hydrogens is 234 g/mol. The van der Waals surface area contributed by atoms with Gasteiger partial charge in [0, 0.05) is 17.1 Å². The summed E-state index contributed by atoms with van der Waals surface area (Å²) in [4.78, 5) is 15.4. The number of hydrogen-bond acceptors (Lipinski definition) is 4. The van der Waals surface area contributed by atoms with E-state index in [0.717, 1.165) is 0 Å². The molecule has 0 aliphatic rings. The topological polar surface area (TPSA) is 101 Å². The van der Waals surface area contributed by atoms with Crippen molar-refractivity contribution in [2.75, 3.05) is 0 Å². The third-order valence-corrected chi connectivity index (χ3v) is 2.14. The first-order chi connectivity index (χ1) is 3.42. The number of phosphoric acid groups is 1. The molecule has 0 aliphatic carbocycles. The summed E-state index contributed by atoms with van der Waals surface area (Å²) in [5.74, 6) is 0. The van der Waals surface area contributed by atoms with Crippen molar-refractivity contribution in [3.05, 3.63) is 0 Å². The molecule has 2 N–H and O–H groups in total. The van der Waals surface area contributed by atoms with Crippen LogP contribution >= 0.6 is 7.82 Å². The molecule has 0 aromatic rings. The summed E-state index contributed by atoms with van der Waals surface area (Å²) < 4.78 is 31.5. The van der Waals surface area contributed by atoms with Crippen LogP contribution in [-0.2, 0) is 47.8 Å². The third-order valence-electron chi connectivity index (χ3n) is 0.173. The first kappa shape index (κ1) is 12.5. The molecule has 0 atom stereocenters. The van der Waals surface area contributed by atoms with Crippen LogP contribution < -0.4 is 0 Å². The fourth-order valence-electron chi connectivity index (χ4n) is 0.0868. The fourth-order valence-corrected chi connectivity index (χ4v) is 1.07. The van der Waals surface area contributed by atoms with Gasteiger partial charge in [-0.15, -0.1) is 0 Å². The monoisotopic (exact) mass is 236 g/mol. The van der Waals surface area contributed by atoms with E-state index in [2.05, 4.69) is 3.45 Å². The minimum atomic E-state index is -4.78. The molecule has 0 saturated carbocycles. The Hall–Kier alpha value is 0.814. The van der Waals surface area contributed by atoms with Gasteiger partial charge in [0.25, 0.3) is 0 Å². The first-order valence-electron chi connectivity index (χ1n) is 1.31. The van der Waals surface area contributed by atoms with Gasteiger partial charge in [0.05, 0.1) is 0 Å². The molecule has 0 aromatic heterocycles. The Balaban J connectivity index is 0. The van der Waals surface area contributed by atoms with Gasteiger partial charge in [0.1, 0.15) is 0 Å². The van der Waals surface area contributed by atoms with Crippen LogP contribution in [0.2, 0.25) is 0 Å². The summed E-state index contributed by atoms with van der Waals surface area (Å²) in [7, 11) is -4.78. The van der Waals surface area contributed by atoms with E-state index >= 15 is 0 Å². The van der Waals surface area contributed by atoms with Crippen molar-refractivity contribution in [3.8, 4) is 0 Å². The molecule has 0 aromatic carbocycles. The Morgan fingerprint density at radius 1 is 1.33 bits per heavy atom. The average molecular weight is 236 g/mol. The van der Waals surface area contributed by atoms with E-state index < -0.39 is 23.2 Å². The van der Waals surface area contributed by atoms with Crippen LogP contribution in [0.1, 0.15) is 0 Å². The van der Waals surface area contributed by atoms with Crippen molar-refractivity contribution in [3.63, 3.8) is 0 Å². The Bertz CT molecular complexity index is 167. The quantitative estimate of drug-likeness (QED) is 0.486. The normalized spacial score (nSPS) is 10.0. The molecule has 56 valence electrons. The molecule has 6 nitrogen and oxygen atoms in total. The zero-order valence-electron chi connectivity index (χ0n) is 3.78. The molecule has 9 heavy (non-hydrogen) atoms. The summed E-state index contributed by atoms with van der Waals surface area (Å²) in [5.41, 5.74) is 0. The number of hydrogen-bond donors (Lipinski definition) is 2. The van der Waals surface area contributed by atoms with E-state index in [1.54, 1.807) is 0 Å². The molecule has 0 heterocycles. The zero-order chi connectivity index (χ0) is 6.78. The van der Waals surface area contributed by atoms with Gasteiger partial charge < -0.3 is 0 Å². The Kier molecular flexibility index (Phi) is 6.38. The molecule has 0 saturated heterocycles. The molecule has 0 fully saturated rings. The van der Waals surface area contributed by atoms with Crippen LogP contribution in [0.15, 0.2) is 0 Å². The molecule has 0 bridgehead atoms. The van der Waals surface area contributed by atoms with Crippen molar-refractivity contribution < 1.29 is 57.6 Å². The van der Waals surface area contributed by atoms with Crippen molar-refractivity contribution in [2.45, 2.75) is 0 Å². The van der Waals surface area contributed by atoms with E-state index in [1.165, 1.54) is 0 Å². The molecular formula is H2FeO6PV. The van der Waals surface area contributed by atoms with Crippen molar-refractivity contribution in [2.24, 2.45) is 0 Å². The van der Waals surface area contributed by atoms with Crippen LogP contribution in [0.4, 0.5) is 0 Å². The second-order valence-electron chi connectivity index (χ2n) is 0.796. The summed E-state index contributed by atoms with van der Waals surface area (Å²) in [6.07, 6.45) is 0. The van der Waals surface area contributed by atoms with Gasteiger partial charge in [-0.05, 0) is 0 Å². The van der Waals surface area contributed by atoms with Crippen LogP contribution in [0.5, 0.6) is 0 Å². The Labute approximate surface area is 65.7 Å². The van der Waals surface area contributed by atoms with Gasteiger partial charge in [0.15, 0.2) is 0 Å². The standard InChI is InChI=1S/Fe.H3O4P.2O.V/c;1-5(2,3)4;;;/h;(H3,1,2,3,4);;;/q;;;;+1/p-1. The Morgan fingerprint density at radius 3 is 1.67 bits per heavy atom. The summed E-state index contributed by atoms with van der Waals surface area (Å²) in [6, 6.07) is 0.